The van der Waals surface area contributed by atoms with Gasteiger partial charge in [-0.1, -0.05) is 60.7 Å². The van der Waals surface area contributed by atoms with E-state index < -0.39 is 11.8 Å². The van der Waals surface area contributed by atoms with Crippen LogP contribution in [0.25, 0.3) is 10.8 Å². The fraction of sp³-hybridized carbons (Fsp3) is 0.143. The van der Waals surface area contributed by atoms with Crippen molar-refractivity contribution in [3.05, 3.63) is 78.4 Å². The van der Waals surface area contributed by atoms with Gasteiger partial charge < -0.3 is 10.2 Å². The molecule has 0 radical (unpaired) electrons. The zero-order chi connectivity index (χ0) is 17.6. The minimum atomic E-state index is -0.618. The summed E-state index contributed by atoms with van der Waals surface area (Å²) in [4.78, 5) is 26.3. The number of likely N-dealkylation sites (N-methyl/N-ethyl adjacent to an activating group) is 1. The van der Waals surface area contributed by atoms with Crippen LogP contribution in [0.3, 0.4) is 0 Å². The first-order valence-electron chi connectivity index (χ1n) is 8.30. The van der Waals surface area contributed by atoms with E-state index in [0.29, 0.717) is 18.8 Å². The second kappa shape index (κ2) is 7.62. The van der Waals surface area contributed by atoms with Crippen LogP contribution in [0.1, 0.15) is 12.5 Å². The van der Waals surface area contributed by atoms with Crippen molar-refractivity contribution in [2.45, 2.75) is 13.5 Å². The molecule has 3 aromatic rings. The second-order valence-corrected chi connectivity index (χ2v) is 5.82. The minimum Gasteiger partial charge on any atom is -0.330 e. The fourth-order valence-corrected chi connectivity index (χ4v) is 2.73. The van der Waals surface area contributed by atoms with Crippen molar-refractivity contribution in [1.29, 1.82) is 0 Å². The molecule has 0 heterocycles. The van der Waals surface area contributed by atoms with Crippen molar-refractivity contribution >= 4 is 28.3 Å². The van der Waals surface area contributed by atoms with E-state index in [2.05, 4.69) is 5.32 Å². The van der Waals surface area contributed by atoms with Crippen LogP contribution in [0.4, 0.5) is 5.69 Å². The summed E-state index contributed by atoms with van der Waals surface area (Å²) in [6, 6.07) is 23.1. The van der Waals surface area contributed by atoms with Crippen LogP contribution in [-0.2, 0) is 16.1 Å². The largest absolute Gasteiger partial charge is 0.330 e. The lowest BCUT2D eigenvalue weighted by atomic mass is 10.1. The maximum Gasteiger partial charge on any atom is 0.313 e. The van der Waals surface area contributed by atoms with Crippen LogP contribution in [0, 0.1) is 0 Å². The number of hydrogen-bond acceptors (Lipinski definition) is 2. The molecule has 4 nitrogen and oxygen atoms in total. The van der Waals surface area contributed by atoms with Gasteiger partial charge in [0, 0.05) is 18.8 Å². The van der Waals surface area contributed by atoms with E-state index >= 15 is 0 Å². The first-order valence-corrected chi connectivity index (χ1v) is 8.30. The monoisotopic (exact) mass is 332 g/mol. The first-order chi connectivity index (χ1) is 12.2. The highest BCUT2D eigenvalue weighted by Gasteiger charge is 2.20. The number of rotatable bonds is 4. The summed E-state index contributed by atoms with van der Waals surface area (Å²) >= 11 is 0. The van der Waals surface area contributed by atoms with Crippen molar-refractivity contribution in [1.82, 2.24) is 4.90 Å². The van der Waals surface area contributed by atoms with Gasteiger partial charge in [0.05, 0.1) is 0 Å². The number of amides is 2. The summed E-state index contributed by atoms with van der Waals surface area (Å²) in [5, 5.41) is 4.81. The molecule has 0 fully saturated rings. The molecule has 4 heteroatoms. The number of carbonyl (C=O) groups is 2. The van der Waals surface area contributed by atoms with E-state index in [0.717, 1.165) is 16.3 Å². The van der Waals surface area contributed by atoms with Gasteiger partial charge in [-0.05, 0) is 35.4 Å². The molecule has 0 aliphatic heterocycles. The summed E-state index contributed by atoms with van der Waals surface area (Å²) in [5.74, 6) is -1.15. The van der Waals surface area contributed by atoms with Crippen LogP contribution in [0.15, 0.2) is 72.8 Å². The molecule has 0 atom stereocenters. The van der Waals surface area contributed by atoms with Crippen molar-refractivity contribution < 1.29 is 9.59 Å². The Bertz CT molecular complexity index is 891. The van der Waals surface area contributed by atoms with Crippen LogP contribution in [0.2, 0.25) is 0 Å². The van der Waals surface area contributed by atoms with Gasteiger partial charge in [-0.15, -0.1) is 0 Å². The quantitative estimate of drug-likeness (QED) is 0.738. The van der Waals surface area contributed by atoms with E-state index in [4.69, 9.17) is 0 Å². The number of anilines is 1. The number of fused-ring (bicyclic) bond motifs is 1. The van der Waals surface area contributed by atoms with Crippen LogP contribution in [-0.4, -0.2) is 23.3 Å². The van der Waals surface area contributed by atoms with Crippen LogP contribution >= 0.6 is 0 Å². The number of nitrogens with one attached hydrogen (secondary N) is 1. The molecule has 0 saturated carbocycles. The third-order valence-electron chi connectivity index (χ3n) is 4.09. The SMILES string of the molecule is CCN(Cc1ccccc1)C(=O)C(=O)Nc1ccc2ccccc2c1. The molecule has 2 amide bonds. The van der Waals surface area contributed by atoms with Crippen molar-refractivity contribution in [3.63, 3.8) is 0 Å². The smallest absolute Gasteiger partial charge is 0.313 e. The minimum absolute atomic E-state index is 0.418. The van der Waals surface area contributed by atoms with Crippen molar-refractivity contribution in [2.75, 3.05) is 11.9 Å². The van der Waals surface area contributed by atoms with Crippen LogP contribution < -0.4 is 5.32 Å². The van der Waals surface area contributed by atoms with Gasteiger partial charge in [-0.3, -0.25) is 9.59 Å². The average Bonchev–Trinajstić information content (AvgIpc) is 2.66. The molecule has 0 saturated heterocycles. The Labute approximate surface area is 147 Å². The van der Waals surface area contributed by atoms with E-state index in [1.165, 1.54) is 4.90 Å². The fourth-order valence-electron chi connectivity index (χ4n) is 2.73. The number of nitrogens with zero attached hydrogens (tertiary/aromatic N) is 1. The Morgan fingerprint density at radius 1 is 0.880 bits per heavy atom. The third-order valence-corrected chi connectivity index (χ3v) is 4.09. The third kappa shape index (κ3) is 4.04. The number of carbonyl (C=O) groups excluding carboxylic acids is 2. The highest BCUT2D eigenvalue weighted by atomic mass is 16.2. The molecular formula is C21H20N2O2. The summed E-state index contributed by atoms with van der Waals surface area (Å²) in [5.41, 5.74) is 1.61. The first kappa shape index (κ1) is 16.7. The van der Waals surface area contributed by atoms with Gasteiger partial charge in [0.25, 0.3) is 0 Å². The van der Waals surface area contributed by atoms with E-state index in [1.807, 2.05) is 73.7 Å². The van der Waals surface area contributed by atoms with Gasteiger partial charge in [0.15, 0.2) is 0 Å². The summed E-state index contributed by atoms with van der Waals surface area (Å²) in [6.07, 6.45) is 0. The molecule has 3 rings (SSSR count). The second-order valence-electron chi connectivity index (χ2n) is 5.82. The normalized spacial score (nSPS) is 10.4. The van der Waals surface area contributed by atoms with Crippen LogP contribution in [0.5, 0.6) is 0 Å². The highest BCUT2D eigenvalue weighted by molar-refractivity contribution is 6.39. The standard InChI is InChI=1S/C21H20N2O2/c1-2-23(15-16-8-4-3-5-9-16)21(25)20(24)22-19-13-12-17-10-6-7-11-18(17)14-19/h3-14H,2,15H2,1H3,(H,22,24). The highest BCUT2D eigenvalue weighted by Crippen LogP contribution is 2.19. The predicted molar refractivity (Wildman–Crippen MR) is 100 cm³/mol. The molecule has 0 bridgehead atoms. The zero-order valence-corrected chi connectivity index (χ0v) is 14.1. The summed E-state index contributed by atoms with van der Waals surface area (Å²) < 4.78 is 0. The maximum absolute atomic E-state index is 12.5. The molecule has 0 unspecified atom stereocenters. The Hall–Kier alpha value is -3.14. The van der Waals surface area contributed by atoms with Gasteiger partial charge in [0.2, 0.25) is 0 Å². The molecule has 1 N–H and O–H groups in total. The van der Waals surface area contributed by atoms with Crippen molar-refractivity contribution in [2.24, 2.45) is 0 Å². The maximum atomic E-state index is 12.5. The predicted octanol–water partition coefficient (Wildman–Crippen LogP) is 3.83. The molecular weight excluding hydrogens is 312 g/mol. The average molecular weight is 332 g/mol. The Morgan fingerprint density at radius 3 is 2.28 bits per heavy atom. The Balaban J connectivity index is 1.70. The van der Waals surface area contributed by atoms with Crippen molar-refractivity contribution in [3.8, 4) is 0 Å². The molecule has 0 aliphatic rings. The van der Waals surface area contributed by atoms with Gasteiger partial charge >= 0.3 is 11.8 Å². The molecule has 3 aromatic carbocycles. The molecule has 25 heavy (non-hydrogen) atoms. The molecule has 126 valence electrons. The van der Waals surface area contributed by atoms with Gasteiger partial charge in [0.1, 0.15) is 0 Å². The van der Waals surface area contributed by atoms with E-state index in [-0.39, 0.29) is 0 Å². The van der Waals surface area contributed by atoms with E-state index in [9.17, 15) is 9.59 Å². The topological polar surface area (TPSA) is 49.4 Å². The number of hydrogen-bond donors (Lipinski definition) is 1. The lowest BCUT2D eigenvalue weighted by Gasteiger charge is -2.20. The molecule has 0 aromatic heterocycles. The zero-order valence-electron chi connectivity index (χ0n) is 14.1. The Kier molecular flexibility index (Phi) is 5.09. The number of benzene rings is 3. The summed E-state index contributed by atoms with van der Waals surface area (Å²) in [7, 11) is 0. The molecule has 0 aliphatic carbocycles. The van der Waals surface area contributed by atoms with E-state index in [1.54, 1.807) is 6.07 Å². The summed E-state index contributed by atoms with van der Waals surface area (Å²) in [6.45, 7) is 2.75. The lowest BCUT2D eigenvalue weighted by Crippen LogP contribution is -2.39. The van der Waals surface area contributed by atoms with Gasteiger partial charge in [-0.25, -0.2) is 0 Å². The van der Waals surface area contributed by atoms with Gasteiger partial charge in [-0.2, -0.15) is 0 Å². The molecule has 0 spiro atoms. The Morgan fingerprint density at radius 2 is 1.56 bits per heavy atom. The lowest BCUT2D eigenvalue weighted by molar-refractivity contribution is -0.143.